The second kappa shape index (κ2) is 3.76. The fourth-order valence-electron chi connectivity index (χ4n) is 4.87. The Balaban J connectivity index is 2.22. The lowest BCUT2D eigenvalue weighted by Crippen LogP contribution is -2.51. The molecule has 0 aliphatic heterocycles. The Morgan fingerprint density at radius 1 is 1.21 bits per heavy atom. The number of aliphatic hydroxyl groups is 1. The third-order valence-electron chi connectivity index (χ3n) is 6.06. The molecule has 104 valence electrons. The lowest BCUT2D eigenvalue weighted by Gasteiger charge is -2.51. The van der Waals surface area contributed by atoms with Crippen LogP contribution in [0.3, 0.4) is 0 Å². The summed E-state index contributed by atoms with van der Waals surface area (Å²) in [4.78, 5) is 0. The summed E-state index contributed by atoms with van der Waals surface area (Å²) in [6.45, 7) is 6.68. The van der Waals surface area contributed by atoms with E-state index in [0.717, 1.165) is 24.2 Å². The number of methoxy groups -OCH3 is 1. The molecule has 0 spiro atoms. The number of ether oxygens (including phenoxy) is 1. The highest BCUT2D eigenvalue weighted by Crippen LogP contribution is 2.72. The molecule has 0 unspecified atom stereocenters. The summed E-state index contributed by atoms with van der Waals surface area (Å²) in [5.74, 6) is 1.42. The van der Waals surface area contributed by atoms with Crippen LogP contribution in [0.4, 0.5) is 0 Å². The Labute approximate surface area is 115 Å². The summed E-state index contributed by atoms with van der Waals surface area (Å²) in [5, 5.41) is 11.7. The monoisotopic (exact) mass is 260 g/mol. The standard InChI is InChI=1S/C17H24O2/c1-15(2)12-9-10-16(3,11-12)17(15,18)13-7-5-6-8-14(13)19-4/h5-8,12,18H,9-11H2,1-4H3/t12-,16-,17+/m1/s1. The topological polar surface area (TPSA) is 29.5 Å². The third kappa shape index (κ3) is 1.36. The van der Waals surface area contributed by atoms with Crippen molar-refractivity contribution >= 4 is 0 Å². The maximum Gasteiger partial charge on any atom is 0.124 e. The first-order chi connectivity index (χ1) is 8.87. The fourth-order valence-corrected chi connectivity index (χ4v) is 4.87. The van der Waals surface area contributed by atoms with Crippen molar-refractivity contribution < 1.29 is 9.84 Å². The van der Waals surface area contributed by atoms with E-state index in [-0.39, 0.29) is 10.8 Å². The van der Waals surface area contributed by atoms with Crippen LogP contribution >= 0.6 is 0 Å². The Kier molecular flexibility index (Phi) is 2.57. The first kappa shape index (κ1) is 13.0. The van der Waals surface area contributed by atoms with E-state index in [2.05, 4.69) is 20.8 Å². The molecule has 1 N–H and O–H groups in total. The van der Waals surface area contributed by atoms with Gasteiger partial charge >= 0.3 is 0 Å². The van der Waals surface area contributed by atoms with Gasteiger partial charge in [-0.15, -0.1) is 0 Å². The molecule has 0 saturated heterocycles. The molecule has 2 bridgehead atoms. The van der Waals surface area contributed by atoms with Gasteiger partial charge in [0.15, 0.2) is 0 Å². The van der Waals surface area contributed by atoms with E-state index in [1.54, 1.807) is 7.11 Å². The minimum absolute atomic E-state index is 0.0319. The number of hydrogen-bond donors (Lipinski definition) is 1. The maximum absolute atomic E-state index is 11.7. The second-order valence-electron chi connectivity index (χ2n) is 7.13. The van der Waals surface area contributed by atoms with Gasteiger partial charge in [0, 0.05) is 16.4 Å². The Morgan fingerprint density at radius 3 is 2.47 bits per heavy atom. The molecule has 3 rings (SSSR count). The molecule has 1 aromatic carbocycles. The van der Waals surface area contributed by atoms with Gasteiger partial charge in [0.05, 0.1) is 7.11 Å². The van der Waals surface area contributed by atoms with Gasteiger partial charge in [-0.2, -0.15) is 0 Å². The first-order valence-corrected chi connectivity index (χ1v) is 7.23. The molecule has 0 amide bonds. The van der Waals surface area contributed by atoms with Crippen molar-refractivity contribution in [1.82, 2.24) is 0 Å². The first-order valence-electron chi connectivity index (χ1n) is 7.23. The van der Waals surface area contributed by atoms with Crippen LogP contribution < -0.4 is 4.74 Å². The molecule has 2 fully saturated rings. The Hall–Kier alpha value is -1.02. The third-order valence-corrected chi connectivity index (χ3v) is 6.06. The molecule has 1 aromatic rings. The van der Waals surface area contributed by atoms with Crippen molar-refractivity contribution in [3.8, 4) is 5.75 Å². The van der Waals surface area contributed by atoms with Crippen LogP contribution in [-0.4, -0.2) is 12.2 Å². The van der Waals surface area contributed by atoms with E-state index >= 15 is 0 Å². The molecule has 0 aromatic heterocycles. The predicted molar refractivity (Wildman–Crippen MR) is 76.1 cm³/mol. The molecular weight excluding hydrogens is 236 g/mol. The maximum atomic E-state index is 11.7. The molecular formula is C17H24O2. The zero-order valence-corrected chi connectivity index (χ0v) is 12.4. The summed E-state index contributed by atoms with van der Waals surface area (Å²) >= 11 is 0. The zero-order valence-electron chi connectivity index (χ0n) is 12.4. The number of benzene rings is 1. The van der Waals surface area contributed by atoms with Gasteiger partial charge in [-0.25, -0.2) is 0 Å². The van der Waals surface area contributed by atoms with Gasteiger partial charge in [-0.3, -0.25) is 0 Å². The van der Waals surface area contributed by atoms with Crippen molar-refractivity contribution in [3.63, 3.8) is 0 Å². The summed E-state index contributed by atoms with van der Waals surface area (Å²) < 4.78 is 5.51. The highest BCUT2D eigenvalue weighted by molar-refractivity contribution is 5.43. The lowest BCUT2D eigenvalue weighted by molar-refractivity contribution is -0.151. The molecule has 0 radical (unpaired) electrons. The van der Waals surface area contributed by atoms with Crippen molar-refractivity contribution in [3.05, 3.63) is 29.8 Å². The minimum atomic E-state index is -0.796. The van der Waals surface area contributed by atoms with Crippen molar-refractivity contribution in [1.29, 1.82) is 0 Å². The van der Waals surface area contributed by atoms with Gasteiger partial charge < -0.3 is 9.84 Å². The predicted octanol–water partition coefficient (Wildman–Crippen LogP) is 3.73. The number of para-hydroxylation sites is 1. The summed E-state index contributed by atoms with van der Waals surface area (Å²) in [6.07, 6.45) is 3.46. The van der Waals surface area contributed by atoms with Gasteiger partial charge in [-0.1, -0.05) is 39.0 Å². The minimum Gasteiger partial charge on any atom is -0.496 e. The highest BCUT2D eigenvalue weighted by Gasteiger charge is 2.69. The molecule has 2 nitrogen and oxygen atoms in total. The van der Waals surface area contributed by atoms with Crippen LogP contribution in [0.25, 0.3) is 0 Å². The van der Waals surface area contributed by atoms with Crippen LogP contribution in [0.2, 0.25) is 0 Å². The Morgan fingerprint density at radius 2 is 1.89 bits per heavy atom. The van der Waals surface area contributed by atoms with Crippen molar-refractivity contribution in [2.75, 3.05) is 7.11 Å². The van der Waals surface area contributed by atoms with E-state index in [1.807, 2.05) is 24.3 Å². The van der Waals surface area contributed by atoms with Crippen molar-refractivity contribution in [2.24, 2.45) is 16.7 Å². The second-order valence-corrected chi connectivity index (χ2v) is 7.13. The van der Waals surface area contributed by atoms with Crippen LogP contribution in [0, 0.1) is 16.7 Å². The quantitative estimate of drug-likeness (QED) is 0.878. The molecule has 2 saturated carbocycles. The van der Waals surface area contributed by atoms with Gasteiger partial charge in [0.1, 0.15) is 11.4 Å². The van der Waals surface area contributed by atoms with Gasteiger partial charge in [0.25, 0.3) is 0 Å². The average molecular weight is 260 g/mol. The smallest absolute Gasteiger partial charge is 0.124 e. The highest BCUT2D eigenvalue weighted by atomic mass is 16.5. The molecule has 3 atom stereocenters. The van der Waals surface area contributed by atoms with E-state index in [0.29, 0.717) is 5.92 Å². The van der Waals surface area contributed by atoms with Gasteiger partial charge in [-0.05, 0) is 31.2 Å². The summed E-state index contributed by atoms with van der Waals surface area (Å²) in [6, 6.07) is 7.96. The molecule has 2 aliphatic rings. The van der Waals surface area contributed by atoms with Gasteiger partial charge in [0.2, 0.25) is 0 Å². The van der Waals surface area contributed by atoms with E-state index in [9.17, 15) is 5.11 Å². The van der Waals surface area contributed by atoms with E-state index < -0.39 is 5.60 Å². The summed E-state index contributed by atoms with van der Waals surface area (Å²) in [7, 11) is 1.69. The van der Waals surface area contributed by atoms with Crippen molar-refractivity contribution in [2.45, 2.75) is 45.6 Å². The fraction of sp³-hybridized carbons (Fsp3) is 0.647. The molecule has 0 heterocycles. The van der Waals surface area contributed by atoms with E-state index in [1.165, 1.54) is 6.42 Å². The zero-order chi connectivity index (χ0) is 13.9. The van der Waals surface area contributed by atoms with Crippen LogP contribution in [-0.2, 0) is 5.60 Å². The number of hydrogen-bond acceptors (Lipinski definition) is 2. The molecule has 19 heavy (non-hydrogen) atoms. The molecule has 2 aliphatic carbocycles. The average Bonchev–Trinajstić information content (AvgIpc) is 2.86. The normalized spacial score (nSPS) is 39.5. The van der Waals surface area contributed by atoms with E-state index in [4.69, 9.17) is 4.74 Å². The molecule has 2 heteroatoms. The largest absolute Gasteiger partial charge is 0.496 e. The number of fused-ring (bicyclic) bond motifs is 2. The Bertz CT molecular complexity index is 501. The SMILES string of the molecule is COc1ccccc1[C@]1(O)C(C)(C)[C@@H]2CC[C@]1(C)C2. The van der Waals surface area contributed by atoms with Crippen LogP contribution in [0.5, 0.6) is 5.75 Å². The van der Waals surface area contributed by atoms with Crippen LogP contribution in [0.1, 0.15) is 45.6 Å². The van der Waals surface area contributed by atoms with Crippen LogP contribution in [0.15, 0.2) is 24.3 Å². The summed E-state index contributed by atoms with van der Waals surface area (Å²) in [5.41, 5.74) is 0.0344. The number of rotatable bonds is 2. The lowest BCUT2D eigenvalue weighted by atomic mass is 9.57.